The van der Waals surface area contributed by atoms with Gasteiger partial charge in [0.2, 0.25) is 0 Å². The molecule has 118 valence electrons. The Kier molecular flexibility index (Phi) is 3.20. The largest absolute Gasteiger partial charge is 0.508 e. The molecule has 1 N–H and O–H groups in total. The minimum Gasteiger partial charge on any atom is -0.508 e. The molecule has 0 bridgehead atoms. The molecule has 0 amide bonds. The highest BCUT2D eigenvalue weighted by Gasteiger charge is 2.18. The summed E-state index contributed by atoms with van der Waals surface area (Å²) in [5.74, 6) is -0.444. The van der Waals surface area contributed by atoms with Gasteiger partial charge in [-0.25, -0.2) is 9.18 Å². The molecule has 2 heterocycles. The first-order valence-electron chi connectivity index (χ1n) is 7.35. The van der Waals surface area contributed by atoms with E-state index in [0.717, 1.165) is 0 Å². The van der Waals surface area contributed by atoms with Crippen LogP contribution in [0.25, 0.3) is 21.7 Å². The minimum atomic E-state index is -0.620. The average Bonchev–Trinajstić information content (AvgIpc) is 2.55. The lowest BCUT2D eigenvalue weighted by molar-refractivity contribution is 0.122. The van der Waals surface area contributed by atoms with Crippen LogP contribution in [-0.2, 0) is 4.74 Å². The van der Waals surface area contributed by atoms with Gasteiger partial charge in [0, 0.05) is 29.9 Å². The van der Waals surface area contributed by atoms with Gasteiger partial charge in [-0.05, 0) is 24.3 Å². The van der Waals surface area contributed by atoms with Gasteiger partial charge in [0.1, 0.15) is 17.1 Å². The Hall–Kier alpha value is -2.60. The van der Waals surface area contributed by atoms with Crippen molar-refractivity contribution in [1.29, 1.82) is 0 Å². The van der Waals surface area contributed by atoms with Crippen LogP contribution in [0, 0.1) is 5.82 Å². The van der Waals surface area contributed by atoms with Crippen LogP contribution in [0.15, 0.2) is 39.5 Å². The van der Waals surface area contributed by atoms with Crippen LogP contribution in [0.2, 0.25) is 0 Å². The molecule has 0 saturated carbocycles. The van der Waals surface area contributed by atoms with Crippen molar-refractivity contribution < 1.29 is 18.7 Å². The molecular formula is C17H14FNO4. The molecule has 23 heavy (non-hydrogen) atoms. The van der Waals surface area contributed by atoms with Gasteiger partial charge in [0.25, 0.3) is 0 Å². The highest BCUT2D eigenvalue weighted by molar-refractivity contribution is 6.05. The highest BCUT2D eigenvalue weighted by Crippen LogP contribution is 2.31. The first-order valence-corrected chi connectivity index (χ1v) is 7.35. The molecule has 0 unspecified atom stereocenters. The third-order valence-corrected chi connectivity index (χ3v) is 4.12. The molecule has 1 fully saturated rings. The molecule has 0 spiro atoms. The van der Waals surface area contributed by atoms with Gasteiger partial charge in [-0.2, -0.15) is 0 Å². The smallest absolute Gasteiger partial charge is 0.344 e. The maximum Gasteiger partial charge on any atom is 0.344 e. The van der Waals surface area contributed by atoms with E-state index in [1.807, 2.05) is 4.90 Å². The molecule has 0 radical (unpaired) electrons. The van der Waals surface area contributed by atoms with Gasteiger partial charge in [0.05, 0.1) is 24.3 Å². The molecule has 1 saturated heterocycles. The van der Waals surface area contributed by atoms with Crippen molar-refractivity contribution in [3.63, 3.8) is 0 Å². The van der Waals surface area contributed by atoms with E-state index >= 15 is 0 Å². The molecule has 0 aliphatic carbocycles. The van der Waals surface area contributed by atoms with Crippen molar-refractivity contribution in [3.05, 3.63) is 46.6 Å². The molecule has 1 aliphatic rings. The lowest BCUT2D eigenvalue weighted by atomic mass is 10.1. The summed E-state index contributed by atoms with van der Waals surface area (Å²) in [6.45, 7) is 2.29. The van der Waals surface area contributed by atoms with Crippen LogP contribution in [0.3, 0.4) is 0 Å². The van der Waals surface area contributed by atoms with Gasteiger partial charge in [0.15, 0.2) is 0 Å². The topological polar surface area (TPSA) is 62.9 Å². The van der Waals surface area contributed by atoms with Crippen molar-refractivity contribution in [2.75, 3.05) is 31.2 Å². The van der Waals surface area contributed by atoms with E-state index < -0.39 is 11.4 Å². The number of nitrogens with zero attached hydrogens (tertiary/aromatic N) is 1. The van der Waals surface area contributed by atoms with E-state index in [1.165, 1.54) is 18.2 Å². The number of anilines is 1. The molecule has 3 aromatic rings. The number of morpholine rings is 1. The molecule has 2 aromatic carbocycles. The maximum absolute atomic E-state index is 14.4. The third kappa shape index (κ3) is 2.31. The number of phenolic OH excluding ortho intramolecular Hbond substituents is 1. The Morgan fingerprint density at radius 3 is 2.61 bits per heavy atom. The van der Waals surface area contributed by atoms with Crippen LogP contribution < -0.4 is 10.5 Å². The lowest BCUT2D eigenvalue weighted by Gasteiger charge is -2.29. The molecule has 1 aromatic heterocycles. The number of rotatable bonds is 1. The molecule has 0 atom stereocenters. The Balaban J connectivity index is 2.01. The Morgan fingerprint density at radius 1 is 1.04 bits per heavy atom. The zero-order valence-electron chi connectivity index (χ0n) is 12.2. The van der Waals surface area contributed by atoms with Gasteiger partial charge >= 0.3 is 5.63 Å². The summed E-state index contributed by atoms with van der Waals surface area (Å²) in [7, 11) is 0. The number of hydrogen-bond acceptors (Lipinski definition) is 5. The number of fused-ring (bicyclic) bond motifs is 3. The van der Waals surface area contributed by atoms with Crippen molar-refractivity contribution >= 4 is 27.4 Å². The predicted molar refractivity (Wildman–Crippen MR) is 84.6 cm³/mol. The summed E-state index contributed by atoms with van der Waals surface area (Å²) in [6, 6.07) is 7.45. The fraction of sp³-hybridized carbons (Fsp3) is 0.235. The van der Waals surface area contributed by atoms with Crippen molar-refractivity contribution in [1.82, 2.24) is 0 Å². The summed E-state index contributed by atoms with van der Waals surface area (Å²) in [4.78, 5) is 14.0. The summed E-state index contributed by atoms with van der Waals surface area (Å²) >= 11 is 0. The number of aromatic hydroxyl groups is 1. The van der Waals surface area contributed by atoms with Crippen molar-refractivity contribution in [3.8, 4) is 5.75 Å². The number of phenols is 1. The zero-order valence-corrected chi connectivity index (χ0v) is 12.2. The van der Waals surface area contributed by atoms with Crippen molar-refractivity contribution in [2.45, 2.75) is 0 Å². The lowest BCUT2D eigenvalue weighted by Crippen LogP contribution is -2.36. The van der Waals surface area contributed by atoms with Crippen LogP contribution in [0.1, 0.15) is 0 Å². The molecule has 6 heteroatoms. The van der Waals surface area contributed by atoms with Gasteiger partial charge in [-0.3, -0.25) is 0 Å². The van der Waals surface area contributed by atoms with Crippen molar-refractivity contribution in [2.24, 2.45) is 0 Å². The number of hydrogen-bond donors (Lipinski definition) is 1. The van der Waals surface area contributed by atoms with Gasteiger partial charge in [-0.1, -0.05) is 0 Å². The van der Waals surface area contributed by atoms with Crippen LogP contribution in [0.4, 0.5) is 10.1 Å². The minimum absolute atomic E-state index is 0.00974. The standard InChI is InChI=1S/C17H14FNO4/c18-14-8-13-12(9-15(14)19-3-5-22-6-4-19)11-2-1-10(20)7-16(11)23-17(13)21/h1-2,7-9,20H,3-6H2. The zero-order chi connectivity index (χ0) is 16.0. The van der Waals surface area contributed by atoms with E-state index in [1.54, 1.807) is 12.1 Å². The third-order valence-electron chi connectivity index (χ3n) is 4.12. The second-order valence-corrected chi connectivity index (χ2v) is 5.52. The quantitative estimate of drug-likeness (QED) is 0.552. The fourth-order valence-electron chi connectivity index (χ4n) is 2.97. The first-order chi connectivity index (χ1) is 11.1. The number of benzene rings is 2. The maximum atomic E-state index is 14.4. The van der Waals surface area contributed by atoms with E-state index in [0.29, 0.717) is 42.8 Å². The number of ether oxygens (including phenoxy) is 1. The van der Waals surface area contributed by atoms with Crippen LogP contribution in [-0.4, -0.2) is 31.4 Å². The van der Waals surface area contributed by atoms with E-state index in [2.05, 4.69) is 0 Å². The molecule has 1 aliphatic heterocycles. The second kappa shape index (κ2) is 5.24. The van der Waals surface area contributed by atoms with Crippen LogP contribution >= 0.6 is 0 Å². The molecule has 5 nitrogen and oxygen atoms in total. The predicted octanol–water partition coefficient (Wildman–Crippen LogP) is 2.63. The number of halogens is 1. The van der Waals surface area contributed by atoms with E-state index in [4.69, 9.17) is 9.15 Å². The fourth-order valence-corrected chi connectivity index (χ4v) is 2.97. The average molecular weight is 315 g/mol. The summed E-state index contributed by atoms with van der Waals surface area (Å²) < 4.78 is 24.9. The summed E-state index contributed by atoms with van der Waals surface area (Å²) in [6.07, 6.45) is 0. The Bertz CT molecular complexity index is 960. The van der Waals surface area contributed by atoms with E-state index in [-0.39, 0.29) is 16.7 Å². The van der Waals surface area contributed by atoms with E-state index in [9.17, 15) is 14.3 Å². The second-order valence-electron chi connectivity index (χ2n) is 5.52. The highest BCUT2D eigenvalue weighted by atomic mass is 19.1. The SMILES string of the molecule is O=c1oc2cc(O)ccc2c2cc(N3CCOCC3)c(F)cc12. The monoisotopic (exact) mass is 315 g/mol. The van der Waals surface area contributed by atoms with Crippen LogP contribution in [0.5, 0.6) is 5.75 Å². The Labute approximate surface area is 130 Å². The summed E-state index contributed by atoms with van der Waals surface area (Å²) in [5, 5.41) is 11.0. The molecule has 4 rings (SSSR count). The molecular weight excluding hydrogens is 301 g/mol. The first kappa shape index (κ1) is 14.0. The van der Waals surface area contributed by atoms with Gasteiger partial charge in [-0.15, -0.1) is 0 Å². The normalized spacial score (nSPS) is 15.4. The summed E-state index contributed by atoms with van der Waals surface area (Å²) in [5.41, 5.74) is 0.105. The van der Waals surface area contributed by atoms with Gasteiger partial charge < -0.3 is 19.2 Å². The Morgan fingerprint density at radius 2 is 1.83 bits per heavy atom.